The van der Waals surface area contributed by atoms with Crippen LogP contribution in [0.4, 0.5) is 0 Å². The Hall–Kier alpha value is -1.10. The molecule has 0 aliphatic rings. The molecule has 0 aromatic carbocycles. The van der Waals surface area contributed by atoms with E-state index in [1.165, 1.54) is 6.33 Å². The fraction of sp³-hybridized carbons (Fsp3) is 0.571. The van der Waals surface area contributed by atoms with Gasteiger partial charge in [-0.1, -0.05) is 30.6 Å². The Morgan fingerprint density at radius 3 is 2.85 bits per heavy atom. The van der Waals surface area contributed by atoms with Crippen LogP contribution in [0.5, 0.6) is 0 Å². The first-order valence-electron chi connectivity index (χ1n) is 3.77. The normalized spacial score (nSPS) is 13.3. The van der Waals surface area contributed by atoms with Gasteiger partial charge in [0.25, 0.3) is 0 Å². The second-order valence-corrected chi connectivity index (χ2v) is 3.73. The maximum atomic E-state index is 8.51. The van der Waals surface area contributed by atoms with Crippen molar-refractivity contribution >= 4 is 16.8 Å². The van der Waals surface area contributed by atoms with Crippen LogP contribution in [0.3, 0.4) is 0 Å². The van der Waals surface area contributed by atoms with Crippen LogP contribution in [0.1, 0.15) is 13.8 Å². The summed E-state index contributed by atoms with van der Waals surface area (Å²) in [4.78, 5) is 3.80. The molecule has 0 unspecified atom stereocenters. The number of nitrogens with zero attached hydrogens (tertiary/aromatic N) is 4. The molecule has 6 heteroatoms. The number of aromatic nitrogens is 3. The van der Waals surface area contributed by atoms with Gasteiger partial charge in [-0.2, -0.15) is 5.10 Å². The zero-order valence-electron chi connectivity index (χ0n) is 7.48. The number of oxime groups is 1. The first-order chi connectivity index (χ1) is 6.06. The molecule has 1 aromatic rings. The van der Waals surface area contributed by atoms with Gasteiger partial charge in [0.05, 0.1) is 6.54 Å². The topological polar surface area (TPSA) is 63.3 Å². The predicted octanol–water partition coefficient (Wildman–Crippen LogP) is 1.33. The fourth-order valence-corrected chi connectivity index (χ4v) is 0.980. The molecule has 0 aliphatic carbocycles. The highest BCUT2D eigenvalue weighted by Gasteiger charge is 2.25. The van der Waals surface area contributed by atoms with Crippen LogP contribution in [0.15, 0.2) is 17.8 Å². The Morgan fingerprint density at radius 1 is 1.69 bits per heavy atom. The third-order valence-electron chi connectivity index (χ3n) is 1.67. The highest BCUT2D eigenvalue weighted by molar-refractivity contribution is 6.66. The van der Waals surface area contributed by atoms with Gasteiger partial charge >= 0.3 is 0 Å². The molecule has 1 N–H and O–H groups in total. The van der Waals surface area contributed by atoms with E-state index in [2.05, 4.69) is 15.2 Å². The summed E-state index contributed by atoms with van der Waals surface area (Å²) >= 11 is 5.71. The Morgan fingerprint density at radius 2 is 2.38 bits per heavy atom. The van der Waals surface area contributed by atoms with E-state index in [0.29, 0.717) is 6.54 Å². The molecule has 1 rings (SSSR count). The lowest BCUT2D eigenvalue weighted by Crippen LogP contribution is -2.26. The molecule has 0 bridgehead atoms. The maximum Gasteiger partial charge on any atom is 0.152 e. The average molecular weight is 203 g/mol. The van der Waals surface area contributed by atoms with Crippen molar-refractivity contribution in [1.82, 2.24) is 14.8 Å². The molecule has 1 aromatic heterocycles. The molecular formula is C7H11ClN4O. The Kier molecular flexibility index (Phi) is 2.87. The van der Waals surface area contributed by atoms with Crippen LogP contribution in [0.25, 0.3) is 0 Å². The number of rotatable bonds is 3. The third kappa shape index (κ3) is 2.42. The highest BCUT2D eigenvalue weighted by atomic mass is 35.5. The second-order valence-electron chi connectivity index (χ2n) is 3.37. The third-order valence-corrected chi connectivity index (χ3v) is 2.26. The molecule has 72 valence electrons. The molecule has 0 amide bonds. The van der Waals surface area contributed by atoms with Crippen molar-refractivity contribution in [3.63, 3.8) is 0 Å². The predicted molar refractivity (Wildman–Crippen MR) is 48.9 cm³/mol. The molecule has 0 saturated carbocycles. The lowest BCUT2D eigenvalue weighted by Gasteiger charge is -2.20. The van der Waals surface area contributed by atoms with Crippen molar-refractivity contribution in [2.75, 3.05) is 0 Å². The molecule has 1 heterocycles. The molecule has 0 fully saturated rings. The van der Waals surface area contributed by atoms with Crippen LogP contribution >= 0.6 is 11.6 Å². The van der Waals surface area contributed by atoms with Gasteiger partial charge in [0.15, 0.2) is 5.17 Å². The monoisotopic (exact) mass is 202 g/mol. The van der Waals surface area contributed by atoms with E-state index >= 15 is 0 Å². The zero-order valence-corrected chi connectivity index (χ0v) is 8.23. The van der Waals surface area contributed by atoms with Gasteiger partial charge in [-0.15, -0.1) is 0 Å². The minimum atomic E-state index is -0.440. The van der Waals surface area contributed by atoms with Crippen LogP contribution in [-0.2, 0) is 6.54 Å². The Labute approximate surface area is 81.0 Å². The van der Waals surface area contributed by atoms with Crippen molar-refractivity contribution in [3.05, 3.63) is 12.7 Å². The minimum Gasteiger partial charge on any atom is -0.410 e. The lowest BCUT2D eigenvalue weighted by molar-refractivity contribution is 0.305. The van der Waals surface area contributed by atoms with Crippen LogP contribution in [0, 0.1) is 5.41 Å². The largest absolute Gasteiger partial charge is 0.410 e. The molecular weight excluding hydrogens is 192 g/mol. The SMILES string of the molecule is CC(C)(Cn1cncn1)C(Cl)=NO. The first-order valence-corrected chi connectivity index (χ1v) is 4.14. The molecule has 0 saturated heterocycles. The molecule has 5 nitrogen and oxygen atoms in total. The van der Waals surface area contributed by atoms with Gasteiger partial charge < -0.3 is 5.21 Å². The van der Waals surface area contributed by atoms with Crippen molar-refractivity contribution in [1.29, 1.82) is 0 Å². The summed E-state index contributed by atoms with van der Waals surface area (Å²) in [5.41, 5.74) is -0.440. The number of hydrogen-bond acceptors (Lipinski definition) is 4. The smallest absolute Gasteiger partial charge is 0.152 e. The van der Waals surface area contributed by atoms with Gasteiger partial charge in [0, 0.05) is 5.41 Å². The first kappa shape index (κ1) is 9.98. The van der Waals surface area contributed by atoms with E-state index in [0.717, 1.165) is 0 Å². The summed E-state index contributed by atoms with van der Waals surface area (Å²) in [5, 5.41) is 15.6. The van der Waals surface area contributed by atoms with Crippen LogP contribution < -0.4 is 0 Å². The summed E-state index contributed by atoms with van der Waals surface area (Å²) in [5.74, 6) is 0. The molecule has 13 heavy (non-hydrogen) atoms. The number of hydrogen-bond donors (Lipinski definition) is 1. The van der Waals surface area contributed by atoms with Gasteiger partial charge in [-0.3, -0.25) is 4.68 Å². The van der Waals surface area contributed by atoms with E-state index in [1.807, 2.05) is 13.8 Å². The van der Waals surface area contributed by atoms with E-state index in [-0.39, 0.29) is 5.17 Å². The highest BCUT2D eigenvalue weighted by Crippen LogP contribution is 2.22. The van der Waals surface area contributed by atoms with Gasteiger partial charge in [-0.25, -0.2) is 4.98 Å². The van der Waals surface area contributed by atoms with E-state index in [9.17, 15) is 0 Å². The average Bonchev–Trinajstić information content (AvgIpc) is 2.54. The van der Waals surface area contributed by atoms with Gasteiger partial charge in [0.2, 0.25) is 0 Å². The second kappa shape index (κ2) is 3.74. The minimum absolute atomic E-state index is 0.156. The quantitative estimate of drug-likeness (QED) is 0.457. The summed E-state index contributed by atoms with van der Waals surface area (Å²) in [7, 11) is 0. The number of halogens is 1. The van der Waals surface area contributed by atoms with E-state index in [4.69, 9.17) is 16.8 Å². The summed E-state index contributed by atoms with van der Waals surface area (Å²) in [6.07, 6.45) is 3.03. The summed E-state index contributed by atoms with van der Waals surface area (Å²) < 4.78 is 1.63. The van der Waals surface area contributed by atoms with Crippen LogP contribution in [0.2, 0.25) is 0 Å². The van der Waals surface area contributed by atoms with E-state index < -0.39 is 5.41 Å². The van der Waals surface area contributed by atoms with Crippen molar-refractivity contribution in [2.45, 2.75) is 20.4 Å². The van der Waals surface area contributed by atoms with Crippen molar-refractivity contribution in [2.24, 2.45) is 10.6 Å². The van der Waals surface area contributed by atoms with Crippen molar-refractivity contribution < 1.29 is 5.21 Å². The lowest BCUT2D eigenvalue weighted by atomic mass is 9.95. The molecule has 0 atom stereocenters. The summed E-state index contributed by atoms with van der Waals surface area (Å²) in [6, 6.07) is 0. The maximum absolute atomic E-state index is 8.51. The van der Waals surface area contributed by atoms with Gasteiger partial charge in [-0.05, 0) is 0 Å². The molecule has 0 radical (unpaired) electrons. The van der Waals surface area contributed by atoms with Crippen molar-refractivity contribution in [3.8, 4) is 0 Å². The Bertz CT molecular complexity index is 293. The zero-order chi connectivity index (χ0) is 9.90. The van der Waals surface area contributed by atoms with Gasteiger partial charge in [0.1, 0.15) is 12.7 Å². The fourth-order valence-electron chi connectivity index (χ4n) is 0.920. The summed E-state index contributed by atoms with van der Waals surface area (Å²) in [6.45, 7) is 4.24. The molecule has 0 aliphatic heterocycles. The molecule has 0 spiro atoms. The standard InChI is InChI=1S/C7H11ClN4O/c1-7(2,6(8)11-13)3-12-5-9-4-10-12/h4-5,13H,3H2,1-2H3. The Balaban J connectivity index is 2.73. The van der Waals surface area contributed by atoms with Crippen LogP contribution in [-0.4, -0.2) is 25.1 Å². The van der Waals surface area contributed by atoms with E-state index in [1.54, 1.807) is 11.0 Å².